The summed E-state index contributed by atoms with van der Waals surface area (Å²) in [5.74, 6) is 1.27. The lowest BCUT2D eigenvalue weighted by Gasteiger charge is -2.11. The predicted molar refractivity (Wildman–Crippen MR) is 106 cm³/mol. The van der Waals surface area contributed by atoms with Gasteiger partial charge in [0.25, 0.3) is 5.91 Å². The topological polar surface area (TPSA) is 76.9 Å². The van der Waals surface area contributed by atoms with Crippen molar-refractivity contribution in [2.75, 3.05) is 13.3 Å². The van der Waals surface area contributed by atoms with Crippen LogP contribution < -0.4 is 9.47 Å². The van der Waals surface area contributed by atoms with Gasteiger partial charge >= 0.3 is 0 Å². The van der Waals surface area contributed by atoms with Gasteiger partial charge < -0.3 is 9.47 Å². The summed E-state index contributed by atoms with van der Waals surface area (Å²) >= 11 is 2.74. The summed E-state index contributed by atoms with van der Waals surface area (Å²) in [6.45, 7) is 6.34. The second kappa shape index (κ2) is 7.53. The molecule has 3 heterocycles. The minimum Gasteiger partial charge on any atom is -0.454 e. The lowest BCUT2D eigenvalue weighted by Crippen LogP contribution is -2.29. The second-order valence-corrected chi connectivity index (χ2v) is 7.70. The molecular weight excluding hydrogens is 384 g/mol. The van der Waals surface area contributed by atoms with Crippen molar-refractivity contribution in [3.8, 4) is 11.5 Å². The van der Waals surface area contributed by atoms with E-state index in [0.29, 0.717) is 33.2 Å². The number of aliphatic imine (C=N–C) groups is 1. The first-order valence-corrected chi connectivity index (χ1v) is 9.94. The molecule has 0 bridgehead atoms. The van der Waals surface area contributed by atoms with Crippen LogP contribution in [0, 0.1) is 0 Å². The van der Waals surface area contributed by atoms with E-state index in [1.54, 1.807) is 11.0 Å². The number of aromatic nitrogens is 2. The van der Waals surface area contributed by atoms with Crippen molar-refractivity contribution in [2.24, 2.45) is 4.99 Å². The van der Waals surface area contributed by atoms with Gasteiger partial charge in [-0.15, -0.1) is 16.8 Å². The van der Waals surface area contributed by atoms with Crippen LogP contribution in [0.15, 0.2) is 40.8 Å². The molecule has 9 heteroatoms. The molecule has 0 spiro atoms. The first-order chi connectivity index (χ1) is 13.2. The maximum Gasteiger partial charge on any atom is 0.267 e. The van der Waals surface area contributed by atoms with Gasteiger partial charge in [-0.2, -0.15) is 4.99 Å². The average Bonchev–Trinajstić information content (AvgIpc) is 3.38. The summed E-state index contributed by atoms with van der Waals surface area (Å²) in [5.41, 5.74) is 0.860. The molecule has 1 aromatic heterocycles. The number of fused-ring (bicyclic) bond motifs is 1. The fourth-order valence-corrected chi connectivity index (χ4v) is 4.25. The first kappa shape index (κ1) is 17.7. The molecule has 138 valence electrons. The molecule has 0 saturated carbocycles. The van der Waals surface area contributed by atoms with Gasteiger partial charge in [-0.1, -0.05) is 30.4 Å². The van der Waals surface area contributed by atoms with Crippen molar-refractivity contribution in [3.63, 3.8) is 0 Å². The molecule has 0 radical (unpaired) electrons. The van der Waals surface area contributed by atoms with Crippen molar-refractivity contribution >= 4 is 45.4 Å². The number of amides is 1. The van der Waals surface area contributed by atoms with Crippen molar-refractivity contribution in [3.05, 3.63) is 46.3 Å². The Labute approximate surface area is 164 Å². The van der Waals surface area contributed by atoms with E-state index in [1.165, 1.54) is 23.1 Å². The van der Waals surface area contributed by atoms with Gasteiger partial charge in [-0.05, 0) is 42.0 Å². The predicted octanol–water partition coefficient (Wildman–Crippen LogP) is 3.62. The van der Waals surface area contributed by atoms with Crippen molar-refractivity contribution in [1.29, 1.82) is 0 Å². The standard InChI is InChI=1S/C18H16N4O3S2/c1-3-7-22-16(23)14(9-11-5-6-12-13(8-11)25-10-24-12)26-18(22)19-17-21-20-15(4-2)27-17/h3,5-6,8-9H,1,4,7,10H2,2H3/b14-9-,19-18+. The van der Waals surface area contributed by atoms with Gasteiger partial charge in [0.15, 0.2) is 16.7 Å². The molecule has 1 fully saturated rings. The van der Waals surface area contributed by atoms with E-state index in [9.17, 15) is 4.79 Å². The minimum absolute atomic E-state index is 0.114. The number of aryl methyl sites for hydroxylation is 1. The highest BCUT2D eigenvalue weighted by atomic mass is 32.2. The monoisotopic (exact) mass is 400 g/mol. The SMILES string of the molecule is C=CCN1C(=O)/C(=C/c2ccc3c(c2)OCO3)S/C1=N/c1nnc(CC)s1. The highest BCUT2D eigenvalue weighted by Gasteiger charge is 2.33. The molecule has 1 aromatic carbocycles. The van der Waals surface area contributed by atoms with Gasteiger partial charge in [0.05, 0.1) is 4.91 Å². The third-order valence-electron chi connectivity index (χ3n) is 3.84. The molecule has 2 aromatic rings. The van der Waals surface area contributed by atoms with Crippen LogP contribution in [-0.4, -0.2) is 39.5 Å². The first-order valence-electron chi connectivity index (χ1n) is 8.31. The van der Waals surface area contributed by atoms with Gasteiger partial charge in [-0.25, -0.2) is 0 Å². The third kappa shape index (κ3) is 3.60. The third-order valence-corrected chi connectivity index (χ3v) is 5.81. The number of hydrogen-bond donors (Lipinski definition) is 0. The van der Waals surface area contributed by atoms with Gasteiger partial charge in [0.1, 0.15) is 5.01 Å². The Morgan fingerprint density at radius 1 is 1.33 bits per heavy atom. The van der Waals surface area contributed by atoms with E-state index < -0.39 is 0 Å². The van der Waals surface area contributed by atoms with E-state index in [0.717, 1.165) is 17.0 Å². The molecule has 1 amide bonds. The normalized spacial score (nSPS) is 18.7. The zero-order chi connectivity index (χ0) is 18.8. The van der Waals surface area contributed by atoms with Crippen LogP contribution in [0.25, 0.3) is 6.08 Å². The van der Waals surface area contributed by atoms with Crippen LogP contribution in [0.2, 0.25) is 0 Å². The number of benzene rings is 1. The fourth-order valence-electron chi connectivity index (χ4n) is 2.55. The Balaban J connectivity index is 1.64. The molecule has 2 aliphatic heterocycles. The number of amidine groups is 1. The van der Waals surface area contributed by atoms with E-state index in [4.69, 9.17) is 9.47 Å². The Kier molecular flexibility index (Phi) is 4.95. The molecule has 1 saturated heterocycles. The number of carbonyl (C=O) groups excluding carboxylic acids is 1. The highest BCUT2D eigenvalue weighted by molar-refractivity contribution is 8.18. The summed E-state index contributed by atoms with van der Waals surface area (Å²) in [5, 5.41) is 10.2. The Hall–Kier alpha value is -2.65. The van der Waals surface area contributed by atoms with Crippen LogP contribution in [0.5, 0.6) is 11.5 Å². The summed E-state index contributed by atoms with van der Waals surface area (Å²) in [7, 11) is 0. The van der Waals surface area contributed by atoms with Crippen LogP contribution >= 0.6 is 23.1 Å². The van der Waals surface area contributed by atoms with Crippen LogP contribution in [0.1, 0.15) is 17.5 Å². The van der Waals surface area contributed by atoms with E-state index >= 15 is 0 Å². The fraction of sp³-hybridized carbons (Fsp3) is 0.222. The minimum atomic E-state index is -0.114. The van der Waals surface area contributed by atoms with Gasteiger partial charge in [-0.3, -0.25) is 9.69 Å². The van der Waals surface area contributed by atoms with Gasteiger partial charge in [0.2, 0.25) is 11.9 Å². The maximum atomic E-state index is 12.8. The number of nitrogens with zero attached hydrogens (tertiary/aromatic N) is 4. The maximum absolute atomic E-state index is 12.8. The quantitative estimate of drug-likeness (QED) is 0.564. The lowest BCUT2D eigenvalue weighted by atomic mass is 10.2. The summed E-state index contributed by atoms with van der Waals surface area (Å²) in [6.07, 6.45) is 4.31. The highest BCUT2D eigenvalue weighted by Crippen LogP contribution is 2.37. The van der Waals surface area contributed by atoms with E-state index in [1.807, 2.05) is 31.2 Å². The summed E-state index contributed by atoms with van der Waals surface area (Å²) < 4.78 is 10.7. The second-order valence-electron chi connectivity index (χ2n) is 5.65. The molecule has 2 aliphatic rings. The number of ether oxygens (including phenoxy) is 2. The molecule has 0 unspecified atom stereocenters. The van der Waals surface area contributed by atoms with E-state index in [-0.39, 0.29) is 12.7 Å². The van der Waals surface area contributed by atoms with Crippen LogP contribution in [0.3, 0.4) is 0 Å². The molecule has 0 aliphatic carbocycles. The zero-order valence-corrected chi connectivity index (χ0v) is 16.2. The number of carbonyl (C=O) groups is 1. The zero-order valence-electron chi connectivity index (χ0n) is 14.5. The molecule has 7 nitrogen and oxygen atoms in total. The molecule has 4 rings (SSSR count). The lowest BCUT2D eigenvalue weighted by molar-refractivity contribution is -0.121. The van der Waals surface area contributed by atoms with Crippen LogP contribution in [-0.2, 0) is 11.2 Å². The van der Waals surface area contributed by atoms with Gasteiger partial charge in [0, 0.05) is 6.54 Å². The largest absolute Gasteiger partial charge is 0.454 e. The van der Waals surface area contributed by atoms with Crippen molar-refractivity contribution in [1.82, 2.24) is 15.1 Å². The molecule has 27 heavy (non-hydrogen) atoms. The number of hydrogen-bond acceptors (Lipinski definition) is 8. The van der Waals surface area contributed by atoms with Crippen LogP contribution in [0.4, 0.5) is 5.13 Å². The number of thioether (sulfide) groups is 1. The number of rotatable bonds is 5. The smallest absolute Gasteiger partial charge is 0.267 e. The molecule has 0 N–H and O–H groups in total. The Morgan fingerprint density at radius 3 is 2.96 bits per heavy atom. The average molecular weight is 400 g/mol. The Morgan fingerprint density at radius 2 is 2.19 bits per heavy atom. The summed E-state index contributed by atoms with van der Waals surface area (Å²) in [6, 6.07) is 5.58. The Bertz CT molecular complexity index is 967. The summed E-state index contributed by atoms with van der Waals surface area (Å²) in [4.78, 5) is 19.5. The van der Waals surface area contributed by atoms with Crippen molar-refractivity contribution < 1.29 is 14.3 Å². The van der Waals surface area contributed by atoms with E-state index in [2.05, 4.69) is 21.8 Å². The molecule has 0 atom stereocenters. The van der Waals surface area contributed by atoms with Crippen molar-refractivity contribution in [2.45, 2.75) is 13.3 Å². The molecular formula is C18H16N4O3S2.